The molecule has 2 unspecified atom stereocenters. The van der Waals surface area contributed by atoms with E-state index in [1.54, 1.807) is 0 Å². The molecule has 5 rings (SSSR count). The number of rotatable bonds is 5. The molecule has 10 atom stereocenters. The molecular weight excluding hydrogens is 418 g/mol. The van der Waals surface area contributed by atoms with E-state index in [4.69, 9.17) is 4.74 Å². The van der Waals surface area contributed by atoms with Crippen molar-refractivity contribution in [1.82, 2.24) is 0 Å². The summed E-state index contributed by atoms with van der Waals surface area (Å²) in [5.74, 6) is 6.10. The van der Waals surface area contributed by atoms with Crippen LogP contribution < -0.4 is 5.06 Å². The number of nitrogens with one attached hydrogen (secondary N) is 1. The molecule has 0 aromatic carbocycles. The Labute approximate surface area is 210 Å². The van der Waals surface area contributed by atoms with Crippen molar-refractivity contribution < 1.29 is 9.80 Å². The molecule has 0 radical (unpaired) electrons. The normalized spacial score (nSPS) is 50.7. The standard InChI is InChI=1S/C31H55NO2/c1-21(2)9-8-10-22(3)25-13-14-26-24-12-11-23-19-31(32(33)28(4,5)20-34-31)18-17-29(23,6)27(24)15-16-30(25,26)7/h21-27,32H,8-20H2,1-7H3/t22-,23+,24+,25-,26+,27+,29+,30-,31?/m1/s1. The van der Waals surface area contributed by atoms with Crippen LogP contribution in [0.4, 0.5) is 0 Å². The Morgan fingerprint density at radius 2 is 1.59 bits per heavy atom. The summed E-state index contributed by atoms with van der Waals surface area (Å²) in [6.07, 6.45) is 16.0. The van der Waals surface area contributed by atoms with Gasteiger partial charge in [-0.15, -0.1) is 0 Å². The molecule has 1 aliphatic heterocycles. The van der Waals surface area contributed by atoms with Gasteiger partial charge in [-0.2, -0.15) is 0 Å². The highest BCUT2D eigenvalue weighted by atomic mass is 16.6. The van der Waals surface area contributed by atoms with Crippen LogP contribution in [0.25, 0.3) is 0 Å². The molecule has 0 amide bonds. The summed E-state index contributed by atoms with van der Waals surface area (Å²) in [6, 6.07) is 0. The molecule has 1 heterocycles. The van der Waals surface area contributed by atoms with Gasteiger partial charge in [0.2, 0.25) is 5.72 Å². The van der Waals surface area contributed by atoms with Gasteiger partial charge in [0.05, 0.1) is 0 Å². The maximum atomic E-state index is 13.3. The Morgan fingerprint density at radius 1 is 0.853 bits per heavy atom. The van der Waals surface area contributed by atoms with Crippen LogP contribution in [0.1, 0.15) is 126 Å². The van der Waals surface area contributed by atoms with Crippen LogP contribution in [0.3, 0.4) is 0 Å². The summed E-state index contributed by atoms with van der Waals surface area (Å²) < 4.78 is 6.36. The van der Waals surface area contributed by atoms with Crippen molar-refractivity contribution in [2.75, 3.05) is 6.61 Å². The number of hydrogen-bond donors (Lipinski definition) is 1. The Kier molecular flexibility index (Phi) is 6.55. The third-order valence-electron chi connectivity index (χ3n) is 12.6. The number of quaternary nitrogens is 1. The summed E-state index contributed by atoms with van der Waals surface area (Å²) in [4.78, 5) is 0. The van der Waals surface area contributed by atoms with E-state index in [0.29, 0.717) is 28.4 Å². The number of hydroxylamine groups is 2. The summed E-state index contributed by atoms with van der Waals surface area (Å²) in [7, 11) is 0. The molecule has 1 N–H and O–H groups in total. The Hall–Kier alpha value is -0.120. The summed E-state index contributed by atoms with van der Waals surface area (Å²) in [5.41, 5.74) is 0.259. The first-order chi connectivity index (χ1) is 15.9. The molecule has 1 saturated heterocycles. The number of fused-ring (bicyclic) bond motifs is 5. The van der Waals surface area contributed by atoms with Crippen molar-refractivity contribution in [1.29, 1.82) is 0 Å². The lowest BCUT2D eigenvalue weighted by molar-refractivity contribution is -0.952. The zero-order valence-electron chi connectivity index (χ0n) is 23.6. The maximum absolute atomic E-state index is 13.3. The molecule has 34 heavy (non-hydrogen) atoms. The van der Waals surface area contributed by atoms with Crippen molar-refractivity contribution in [3.8, 4) is 0 Å². The molecule has 3 nitrogen and oxygen atoms in total. The van der Waals surface area contributed by atoms with Gasteiger partial charge in [-0.3, -0.25) is 0 Å². The molecule has 5 fully saturated rings. The minimum Gasteiger partial charge on any atom is -0.632 e. The first-order valence-corrected chi connectivity index (χ1v) is 15.1. The lowest BCUT2D eigenvalue weighted by Gasteiger charge is -2.62. The van der Waals surface area contributed by atoms with Gasteiger partial charge in [-0.05, 0) is 111 Å². The van der Waals surface area contributed by atoms with Crippen LogP contribution in [0.15, 0.2) is 0 Å². The second-order valence-electron chi connectivity index (χ2n) is 15.4. The first-order valence-electron chi connectivity index (χ1n) is 15.1. The molecular formula is C31H55NO2. The smallest absolute Gasteiger partial charge is 0.202 e. The van der Waals surface area contributed by atoms with E-state index in [0.717, 1.165) is 48.3 Å². The van der Waals surface area contributed by atoms with Crippen LogP contribution in [0, 0.1) is 57.5 Å². The quantitative estimate of drug-likeness (QED) is 0.437. The summed E-state index contributed by atoms with van der Waals surface area (Å²) >= 11 is 0. The molecule has 4 saturated carbocycles. The van der Waals surface area contributed by atoms with Gasteiger partial charge < -0.3 is 15.0 Å². The van der Waals surface area contributed by atoms with Crippen LogP contribution in [0.5, 0.6) is 0 Å². The Bertz CT molecular complexity index is 750. The predicted molar refractivity (Wildman–Crippen MR) is 140 cm³/mol. The molecule has 196 valence electrons. The largest absolute Gasteiger partial charge is 0.632 e. The van der Waals surface area contributed by atoms with Gasteiger partial charge in [0.1, 0.15) is 12.1 Å². The fourth-order valence-corrected chi connectivity index (χ4v) is 10.7. The fourth-order valence-electron chi connectivity index (χ4n) is 10.7. The molecule has 3 heteroatoms. The average Bonchev–Trinajstić information content (AvgIpc) is 3.24. The first kappa shape index (κ1) is 25.5. The third kappa shape index (κ3) is 3.85. The predicted octanol–water partition coefficient (Wildman–Crippen LogP) is 7.00. The van der Waals surface area contributed by atoms with E-state index in [2.05, 4.69) is 48.5 Å². The van der Waals surface area contributed by atoms with E-state index in [-0.39, 0.29) is 5.54 Å². The van der Waals surface area contributed by atoms with Crippen molar-refractivity contribution in [3.63, 3.8) is 0 Å². The van der Waals surface area contributed by atoms with Gasteiger partial charge in [-0.25, -0.2) is 0 Å². The molecule has 0 bridgehead atoms. The molecule has 5 aliphatic rings. The van der Waals surface area contributed by atoms with Crippen molar-refractivity contribution >= 4 is 0 Å². The molecule has 0 aromatic heterocycles. The summed E-state index contributed by atoms with van der Waals surface area (Å²) in [6.45, 7) is 17.5. The monoisotopic (exact) mass is 473 g/mol. The maximum Gasteiger partial charge on any atom is 0.202 e. The SMILES string of the molecule is CC(C)CCC[C@@H](C)[C@H]1CC[C@H]2[C@@H]3CC[C@H]4CC5(CC[C@]4(C)[C@H]3CC[C@]12C)OCC(C)(C)[NH+]5[O-]. The van der Waals surface area contributed by atoms with E-state index in [1.165, 1.54) is 64.2 Å². The number of ether oxygens (including phenoxy) is 1. The highest BCUT2D eigenvalue weighted by Gasteiger charge is 2.64. The topological polar surface area (TPSA) is 36.7 Å². The Morgan fingerprint density at radius 3 is 2.26 bits per heavy atom. The van der Waals surface area contributed by atoms with Gasteiger partial charge in [0.25, 0.3) is 0 Å². The van der Waals surface area contributed by atoms with Crippen LogP contribution in [0.2, 0.25) is 0 Å². The molecule has 0 aromatic rings. The van der Waals surface area contributed by atoms with Crippen molar-refractivity contribution in [2.45, 2.75) is 137 Å². The van der Waals surface area contributed by atoms with Gasteiger partial charge in [0.15, 0.2) is 0 Å². The van der Waals surface area contributed by atoms with Crippen molar-refractivity contribution in [3.05, 3.63) is 5.21 Å². The highest BCUT2D eigenvalue weighted by molar-refractivity contribution is 5.10. The lowest BCUT2D eigenvalue weighted by Crippen LogP contribution is -3.20. The molecule has 4 aliphatic carbocycles. The van der Waals surface area contributed by atoms with E-state index >= 15 is 0 Å². The van der Waals surface area contributed by atoms with Crippen LogP contribution >= 0.6 is 0 Å². The van der Waals surface area contributed by atoms with Gasteiger partial charge in [-0.1, -0.05) is 53.9 Å². The van der Waals surface area contributed by atoms with Gasteiger partial charge in [0, 0.05) is 12.8 Å². The minimum absolute atomic E-state index is 0.289. The number of hydrogen-bond acceptors (Lipinski definition) is 2. The second kappa shape index (κ2) is 8.73. The van der Waals surface area contributed by atoms with Crippen LogP contribution in [-0.4, -0.2) is 17.9 Å². The van der Waals surface area contributed by atoms with Gasteiger partial charge >= 0.3 is 0 Å². The van der Waals surface area contributed by atoms with Crippen molar-refractivity contribution in [2.24, 2.45) is 52.3 Å². The highest BCUT2D eigenvalue weighted by Crippen LogP contribution is 2.69. The Balaban J connectivity index is 1.29. The van der Waals surface area contributed by atoms with Crippen LogP contribution in [-0.2, 0) is 4.74 Å². The molecule has 1 spiro atoms. The third-order valence-corrected chi connectivity index (χ3v) is 12.6. The zero-order chi connectivity index (χ0) is 24.5. The fraction of sp³-hybridized carbons (Fsp3) is 1.00. The summed E-state index contributed by atoms with van der Waals surface area (Å²) in [5, 5.41) is 13.8. The second-order valence-corrected chi connectivity index (χ2v) is 15.4. The van der Waals surface area contributed by atoms with E-state index < -0.39 is 5.72 Å². The van der Waals surface area contributed by atoms with E-state index in [1.807, 2.05) is 0 Å². The minimum atomic E-state index is -0.451. The zero-order valence-corrected chi connectivity index (χ0v) is 23.6. The lowest BCUT2D eigenvalue weighted by atomic mass is 9.44. The average molecular weight is 474 g/mol. The van der Waals surface area contributed by atoms with E-state index in [9.17, 15) is 5.21 Å².